The van der Waals surface area contributed by atoms with E-state index in [0.717, 1.165) is 11.3 Å². The average Bonchev–Trinajstić information content (AvgIpc) is 3.42. The van der Waals surface area contributed by atoms with E-state index in [1.165, 1.54) is 14.2 Å². The normalized spacial score (nSPS) is 42.1. The van der Waals surface area contributed by atoms with Gasteiger partial charge in [-0.3, -0.25) is 9.59 Å². The molecule has 5 heterocycles. The Morgan fingerprint density at radius 1 is 1.20 bits per heavy atom. The van der Waals surface area contributed by atoms with Crippen molar-refractivity contribution < 1.29 is 28.6 Å². The first kappa shape index (κ1) is 18.2. The van der Waals surface area contributed by atoms with Crippen LogP contribution in [-0.2, 0) is 34.0 Å². The maximum absolute atomic E-state index is 13.5. The van der Waals surface area contributed by atoms with E-state index in [1.807, 2.05) is 25.2 Å². The van der Waals surface area contributed by atoms with Gasteiger partial charge in [0.05, 0.1) is 25.7 Å². The predicted molar refractivity (Wildman–Crippen MR) is 103 cm³/mol. The molecule has 5 aliphatic rings. The molecule has 158 valence electrons. The van der Waals surface area contributed by atoms with Gasteiger partial charge in [-0.15, -0.1) is 0 Å². The van der Waals surface area contributed by atoms with Crippen LogP contribution in [0.5, 0.6) is 0 Å². The minimum Gasteiger partial charge on any atom is -0.469 e. The molecule has 1 amide bonds. The quantitative estimate of drug-likeness (QED) is 0.665. The van der Waals surface area contributed by atoms with Gasteiger partial charge in [-0.05, 0) is 24.5 Å². The summed E-state index contributed by atoms with van der Waals surface area (Å²) in [5, 5.41) is 0. The van der Waals surface area contributed by atoms with Crippen LogP contribution in [0.4, 0.5) is 5.69 Å². The first-order valence-electron chi connectivity index (χ1n) is 10.4. The molecule has 4 saturated heterocycles. The average molecular weight is 412 g/mol. The Bertz CT molecular complexity index is 1010. The number of fused-ring (bicyclic) bond motifs is 3. The number of para-hydroxylation sites is 1. The van der Waals surface area contributed by atoms with Gasteiger partial charge in [0.25, 0.3) is 0 Å². The molecule has 6 rings (SSSR count). The molecular weight excluding hydrogens is 388 g/mol. The summed E-state index contributed by atoms with van der Waals surface area (Å²) in [6.45, 7) is 0.541. The monoisotopic (exact) mass is 412 g/mol. The highest BCUT2D eigenvalue weighted by Crippen LogP contribution is 2.76. The van der Waals surface area contributed by atoms with E-state index >= 15 is 0 Å². The van der Waals surface area contributed by atoms with Gasteiger partial charge < -0.3 is 24.0 Å². The lowest BCUT2D eigenvalue weighted by atomic mass is 9.52. The number of ether oxygens (including phenoxy) is 3. The van der Waals surface area contributed by atoms with Gasteiger partial charge in [-0.1, -0.05) is 18.2 Å². The minimum absolute atomic E-state index is 0.0140. The molecule has 5 aliphatic heterocycles. The van der Waals surface area contributed by atoms with Gasteiger partial charge in [0.1, 0.15) is 5.92 Å². The van der Waals surface area contributed by atoms with Crippen molar-refractivity contribution in [3.8, 4) is 0 Å². The second-order valence-corrected chi connectivity index (χ2v) is 9.03. The van der Waals surface area contributed by atoms with Crippen molar-refractivity contribution >= 4 is 23.5 Å². The zero-order valence-electron chi connectivity index (χ0n) is 17.2. The summed E-state index contributed by atoms with van der Waals surface area (Å²) < 4.78 is 17.2. The molecule has 0 aromatic heterocycles. The zero-order chi connectivity index (χ0) is 21.1. The predicted octanol–water partition coefficient (Wildman–Crippen LogP) is 0.826. The van der Waals surface area contributed by atoms with Crippen molar-refractivity contribution in [1.29, 1.82) is 0 Å². The standard InChI is InChI=1S/C22H24N2O6/c1-23-14-7-5-4-6-12(14)20-10-11-24-15(25)9-8-13-16(17(26)28-2)21(18(20)23,19(27)29-3)30-22(13,20)24/h4-7,13,16,18H,8-11H2,1-3H3/t13-,16+,18+,20-,21+,22-/m0/s1. The van der Waals surface area contributed by atoms with Crippen LogP contribution in [0, 0.1) is 11.8 Å². The van der Waals surface area contributed by atoms with E-state index in [0.29, 0.717) is 25.8 Å². The molecule has 0 unspecified atom stereocenters. The van der Waals surface area contributed by atoms with Crippen LogP contribution in [0.2, 0.25) is 0 Å². The van der Waals surface area contributed by atoms with Gasteiger partial charge in [0.15, 0.2) is 5.72 Å². The Morgan fingerprint density at radius 2 is 1.97 bits per heavy atom. The third-order valence-electron chi connectivity index (χ3n) is 8.42. The molecule has 2 bridgehead atoms. The molecule has 8 heteroatoms. The molecule has 0 radical (unpaired) electrons. The fraction of sp³-hybridized carbons (Fsp3) is 0.591. The summed E-state index contributed by atoms with van der Waals surface area (Å²) >= 11 is 0. The van der Waals surface area contributed by atoms with Crippen molar-refractivity contribution in [1.82, 2.24) is 4.90 Å². The Labute approximate surface area is 174 Å². The molecule has 1 aromatic rings. The van der Waals surface area contributed by atoms with Crippen molar-refractivity contribution in [3.05, 3.63) is 29.8 Å². The second kappa shape index (κ2) is 5.35. The van der Waals surface area contributed by atoms with E-state index in [4.69, 9.17) is 14.2 Å². The SMILES string of the molecule is COC(=O)[C@H]1[C@@H]2CCC(=O)N3CC[C@]45c6ccccc6N(C)[C@H]4[C@]1(C(=O)OC)O[C@]235. The number of anilines is 1. The lowest BCUT2D eigenvalue weighted by Crippen LogP contribution is -2.71. The number of hydrogen-bond donors (Lipinski definition) is 0. The van der Waals surface area contributed by atoms with Crippen molar-refractivity contribution in [3.63, 3.8) is 0 Å². The van der Waals surface area contributed by atoms with Crippen molar-refractivity contribution in [2.45, 2.75) is 42.0 Å². The molecule has 1 aromatic carbocycles. The summed E-state index contributed by atoms with van der Waals surface area (Å²) in [5.74, 6) is -2.22. The van der Waals surface area contributed by atoms with E-state index < -0.39 is 40.6 Å². The molecular formula is C22H24N2O6. The maximum atomic E-state index is 13.5. The highest BCUT2D eigenvalue weighted by atomic mass is 16.6. The van der Waals surface area contributed by atoms with Crippen molar-refractivity contribution in [2.75, 3.05) is 32.7 Å². The molecule has 4 fully saturated rings. The third-order valence-corrected chi connectivity index (χ3v) is 8.42. The number of nitrogens with zero attached hydrogens (tertiary/aromatic N) is 2. The van der Waals surface area contributed by atoms with E-state index in [2.05, 4.69) is 11.0 Å². The Kier molecular flexibility index (Phi) is 3.24. The molecule has 0 N–H and O–H groups in total. The van der Waals surface area contributed by atoms with Gasteiger partial charge in [-0.2, -0.15) is 0 Å². The smallest absolute Gasteiger partial charge is 0.341 e. The highest BCUT2D eigenvalue weighted by Gasteiger charge is 2.92. The Morgan fingerprint density at radius 3 is 2.70 bits per heavy atom. The number of carbonyl (C=O) groups excluding carboxylic acids is 3. The van der Waals surface area contributed by atoms with Crippen LogP contribution in [0.3, 0.4) is 0 Å². The molecule has 2 spiro atoms. The largest absolute Gasteiger partial charge is 0.469 e. The maximum Gasteiger partial charge on any atom is 0.341 e. The van der Waals surface area contributed by atoms with E-state index in [-0.39, 0.29) is 11.8 Å². The fourth-order valence-electron chi connectivity index (χ4n) is 7.78. The highest BCUT2D eigenvalue weighted by molar-refractivity contribution is 5.95. The topological polar surface area (TPSA) is 85.4 Å². The number of rotatable bonds is 2. The molecule has 6 atom stereocenters. The third kappa shape index (κ3) is 1.50. The van der Waals surface area contributed by atoms with Crippen LogP contribution in [0.25, 0.3) is 0 Å². The molecule has 0 aliphatic carbocycles. The lowest BCUT2D eigenvalue weighted by molar-refractivity contribution is -0.195. The summed E-state index contributed by atoms with van der Waals surface area (Å²) in [5.41, 5.74) is -1.11. The number of piperidine rings is 1. The first-order chi connectivity index (χ1) is 14.4. The summed E-state index contributed by atoms with van der Waals surface area (Å²) in [4.78, 5) is 43.5. The summed E-state index contributed by atoms with van der Waals surface area (Å²) in [6, 6.07) is 7.58. The van der Waals surface area contributed by atoms with Gasteiger partial charge in [0, 0.05) is 31.6 Å². The lowest BCUT2D eigenvalue weighted by Gasteiger charge is -2.52. The number of esters is 2. The first-order valence-corrected chi connectivity index (χ1v) is 10.4. The van der Waals surface area contributed by atoms with Gasteiger partial charge in [0.2, 0.25) is 11.5 Å². The number of methoxy groups -OCH3 is 2. The number of amides is 1. The van der Waals surface area contributed by atoms with Crippen molar-refractivity contribution in [2.24, 2.45) is 11.8 Å². The summed E-state index contributed by atoms with van der Waals surface area (Å²) in [6.07, 6.45) is 1.49. The number of benzene rings is 1. The Hall–Kier alpha value is -2.61. The fourth-order valence-corrected chi connectivity index (χ4v) is 7.78. The summed E-state index contributed by atoms with van der Waals surface area (Å²) in [7, 11) is 4.58. The van der Waals surface area contributed by atoms with Crippen LogP contribution in [-0.4, -0.2) is 67.9 Å². The van der Waals surface area contributed by atoms with Crippen LogP contribution >= 0.6 is 0 Å². The zero-order valence-corrected chi connectivity index (χ0v) is 17.2. The second-order valence-electron chi connectivity index (χ2n) is 9.03. The number of likely N-dealkylation sites (N-methyl/N-ethyl adjacent to an activating group) is 1. The van der Waals surface area contributed by atoms with E-state index in [1.54, 1.807) is 4.90 Å². The van der Waals surface area contributed by atoms with E-state index in [9.17, 15) is 14.4 Å². The Balaban J connectivity index is 1.71. The number of hydrogen-bond acceptors (Lipinski definition) is 7. The van der Waals surface area contributed by atoms with Crippen LogP contribution in [0.1, 0.15) is 24.8 Å². The molecule has 30 heavy (non-hydrogen) atoms. The number of carbonyl (C=O) groups is 3. The van der Waals surface area contributed by atoms with Gasteiger partial charge >= 0.3 is 11.9 Å². The van der Waals surface area contributed by atoms with Gasteiger partial charge in [-0.25, -0.2) is 4.79 Å². The van der Waals surface area contributed by atoms with Crippen LogP contribution in [0.15, 0.2) is 24.3 Å². The molecule has 8 nitrogen and oxygen atoms in total. The minimum atomic E-state index is -1.54. The molecule has 0 saturated carbocycles. The van der Waals surface area contributed by atoms with Crippen LogP contribution < -0.4 is 4.90 Å².